The highest BCUT2D eigenvalue weighted by Crippen LogP contribution is 2.21. The summed E-state index contributed by atoms with van der Waals surface area (Å²) in [5, 5.41) is 0. The quantitative estimate of drug-likeness (QED) is 0.859. The van der Waals surface area contributed by atoms with Crippen LogP contribution in [0.25, 0.3) is 0 Å². The minimum atomic E-state index is -0.492. The Morgan fingerprint density at radius 1 is 1.19 bits per heavy atom. The van der Waals surface area contributed by atoms with Gasteiger partial charge in [-0.2, -0.15) is 0 Å². The van der Waals surface area contributed by atoms with Crippen molar-refractivity contribution in [3.63, 3.8) is 0 Å². The zero-order valence-corrected chi connectivity index (χ0v) is 13.2. The van der Waals surface area contributed by atoms with Gasteiger partial charge in [-0.15, -0.1) is 0 Å². The Bertz CT molecular complexity index is 522. The van der Waals surface area contributed by atoms with Crippen LogP contribution in [0, 0.1) is 12.8 Å². The topological polar surface area (TPSA) is 46.6 Å². The lowest BCUT2D eigenvalue weighted by atomic mass is 9.91. The summed E-state index contributed by atoms with van der Waals surface area (Å²) in [5.41, 5.74) is 1.72. The number of hydrogen-bond acceptors (Lipinski definition) is 3. The summed E-state index contributed by atoms with van der Waals surface area (Å²) in [6.07, 6.45) is 0.106. The zero-order chi connectivity index (χ0) is 15.6. The average molecular weight is 289 g/mol. The summed E-state index contributed by atoms with van der Waals surface area (Å²) in [6.45, 7) is 8.48. The maximum atomic E-state index is 12.2. The van der Waals surface area contributed by atoms with Gasteiger partial charge in [-0.05, 0) is 33.3 Å². The van der Waals surface area contributed by atoms with Crippen LogP contribution in [0.3, 0.4) is 0 Å². The maximum absolute atomic E-state index is 12.2. The van der Waals surface area contributed by atoms with Crippen LogP contribution in [-0.2, 0) is 16.0 Å². The molecule has 0 radical (unpaired) electrons. The van der Waals surface area contributed by atoms with E-state index in [-0.39, 0.29) is 17.8 Å². The van der Waals surface area contributed by atoms with Crippen molar-refractivity contribution in [1.82, 2.24) is 4.90 Å². The highest BCUT2D eigenvalue weighted by atomic mass is 16.6. The number of aryl methyl sites for hydroxylation is 1. The predicted molar refractivity (Wildman–Crippen MR) is 81.2 cm³/mol. The first-order valence-corrected chi connectivity index (χ1v) is 7.31. The summed E-state index contributed by atoms with van der Waals surface area (Å²) in [7, 11) is 0. The van der Waals surface area contributed by atoms with Crippen LogP contribution in [-0.4, -0.2) is 35.5 Å². The van der Waals surface area contributed by atoms with E-state index >= 15 is 0 Å². The average Bonchev–Trinajstić information content (AvgIpc) is 2.27. The molecular weight excluding hydrogens is 266 g/mol. The molecule has 0 saturated carbocycles. The molecule has 0 unspecified atom stereocenters. The molecule has 1 amide bonds. The molecule has 0 aliphatic carbocycles. The molecule has 2 rings (SSSR count). The second-order valence-corrected chi connectivity index (χ2v) is 6.71. The van der Waals surface area contributed by atoms with E-state index in [0.717, 1.165) is 5.56 Å². The van der Waals surface area contributed by atoms with E-state index in [4.69, 9.17) is 4.74 Å². The molecule has 0 atom stereocenters. The third-order valence-corrected chi connectivity index (χ3v) is 3.49. The Kier molecular flexibility index (Phi) is 4.35. The summed E-state index contributed by atoms with van der Waals surface area (Å²) in [4.78, 5) is 25.5. The van der Waals surface area contributed by atoms with Gasteiger partial charge in [-0.1, -0.05) is 29.8 Å². The van der Waals surface area contributed by atoms with Gasteiger partial charge in [0.05, 0.1) is 5.92 Å². The zero-order valence-electron chi connectivity index (χ0n) is 13.2. The van der Waals surface area contributed by atoms with Crippen LogP contribution in [0.1, 0.15) is 31.9 Å². The van der Waals surface area contributed by atoms with E-state index in [1.165, 1.54) is 5.56 Å². The third-order valence-electron chi connectivity index (χ3n) is 3.49. The first-order chi connectivity index (χ1) is 9.74. The molecule has 0 N–H and O–H groups in total. The van der Waals surface area contributed by atoms with Crippen molar-refractivity contribution < 1.29 is 14.3 Å². The van der Waals surface area contributed by atoms with Gasteiger partial charge in [-0.25, -0.2) is 4.79 Å². The van der Waals surface area contributed by atoms with Crippen molar-refractivity contribution in [2.24, 2.45) is 5.92 Å². The largest absolute Gasteiger partial charge is 0.444 e. The van der Waals surface area contributed by atoms with E-state index in [2.05, 4.69) is 0 Å². The van der Waals surface area contributed by atoms with Gasteiger partial charge in [0.15, 0.2) is 0 Å². The van der Waals surface area contributed by atoms with Gasteiger partial charge in [0, 0.05) is 19.5 Å². The van der Waals surface area contributed by atoms with E-state index in [9.17, 15) is 9.59 Å². The lowest BCUT2D eigenvalue weighted by Gasteiger charge is -2.38. The number of likely N-dealkylation sites (tertiary alicyclic amines) is 1. The molecule has 1 saturated heterocycles. The van der Waals surface area contributed by atoms with E-state index in [1.54, 1.807) is 4.90 Å². The van der Waals surface area contributed by atoms with Crippen LogP contribution in [0.15, 0.2) is 24.3 Å². The Balaban J connectivity index is 1.80. The number of carbonyl (C=O) groups is 2. The first kappa shape index (κ1) is 15.5. The molecule has 4 nitrogen and oxygen atoms in total. The van der Waals surface area contributed by atoms with Gasteiger partial charge in [0.2, 0.25) is 0 Å². The van der Waals surface area contributed by atoms with Gasteiger partial charge < -0.3 is 9.64 Å². The lowest BCUT2D eigenvalue weighted by Crippen LogP contribution is -2.54. The molecule has 0 spiro atoms. The van der Waals surface area contributed by atoms with Gasteiger partial charge in [-0.3, -0.25) is 4.79 Å². The number of ketones is 1. The summed E-state index contributed by atoms with van der Waals surface area (Å²) in [5.74, 6) is 0.137. The van der Waals surface area contributed by atoms with E-state index in [0.29, 0.717) is 19.5 Å². The molecule has 114 valence electrons. The fraction of sp³-hybridized carbons (Fsp3) is 0.529. The fourth-order valence-corrected chi connectivity index (χ4v) is 2.21. The highest BCUT2D eigenvalue weighted by molar-refractivity contribution is 5.86. The van der Waals surface area contributed by atoms with Crippen molar-refractivity contribution >= 4 is 11.9 Å². The summed E-state index contributed by atoms with van der Waals surface area (Å²) >= 11 is 0. The Labute approximate surface area is 126 Å². The fourth-order valence-electron chi connectivity index (χ4n) is 2.21. The molecule has 1 aliphatic heterocycles. The summed E-state index contributed by atoms with van der Waals surface area (Å²) < 4.78 is 5.28. The van der Waals surface area contributed by atoms with Crippen LogP contribution in [0.2, 0.25) is 0 Å². The van der Waals surface area contributed by atoms with Gasteiger partial charge >= 0.3 is 6.09 Å². The minimum absolute atomic E-state index is 0.0566. The van der Waals surface area contributed by atoms with Gasteiger partial charge in [0.25, 0.3) is 0 Å². The van der Waals surface area contributed by atoms with E-state index < -0.39 is 5.60 Å². The lowest BCUT2D eigenvalue weighted by molar-refractivity contribution is -0.126. The second-order valence-electron chi connectivity index (χ2n) is 6.71. The second kappa shape index (κ2) is 5.88. The maximum Gasteiger partial charge on any atom is 0.410 e. The molecule has 0 bridgehead atoms. The standard InChI is InChI=1S/C17H23NO3/c1-12-5-7-13(8-6-12)9-15(19)14-10-18(11-14)16(20)21-17(2,3)4/h5-8,14H,9-11H2,1-4H3. The van der Waals surface area contributed by atoms with Crippen molar-refractivity contribution in [3.05, 3.63) is 35.4 Å². The minimum Gasteiger partial charge on any atom is -0.444 e. The SMILES string of the molecule is Cc1ccc(CC(=O)C2CN(C(=O)OC(C)(C)C)C2)cc1. The molecule has 21 heavy (non-hydrogen) atoms. The number of Topliss-reactive ketones (excluding diaryl/α,β-unsaturated/α-hetero) is 1. The molecule has 1 fully saturated rings. The van der Waals surface area contributed by atoms with E-state index in [1.807, 2.05) is 52.0 Å². The van der Waals surface area contributed by atoms with Crippen molar-refractivity contribution in [1.29, 1.82) is 0 Å². The number of hydrogen-bond donors (Lipinski definition) is 0. The molecule has 1 aromatic rings. The van der Waals surface area contributed by atoms with Crippen molar-refractivity contribution in [2.75, 3.05) is 13.1 Å². The number of amides is 1. The van der Waals surface area contributed by atoms with Crippen LogP contribution >= 0.6 is 0 Å². The molecule has 1 aromatic carbocycles. The molecular formula is C17H23NO3. The molecule has 1 heterocycles. The van der Waals surface area contributed by atoms with Crippen molar-refractivity contribution in [2.45, 2.75) is 39.7 Å². The summed E-state index contributed by atoms with van der Waals surface area (Å²) in [6, 6.07) is 7.99. The normalized spacial score (nSPS) is 15.5. The molecule has 1 aliphatic rings. The monoisotopic (exact) mass is 289 g/mol. The number of benzene rings is 1. The Morgan fingerprint density at radius 2 is 1.76 bits per heavy atom. The predicted octanol–water partition coefficient (Wildman–Crippen LogP) is 2.97. The van der Waals surface area contributed by atoms with Crippen molar-refractivity contribution in [3.8, 4) is 0 Å². The molecule has 0 aromatic heterocycles. The number of carbonyl (C=O) groups excluding carboxylic acids is 2. The highest BCUT2D eigenvalue weighted by Gasteiger charge is 2.37. The van der Waals surface area contributed by atoms with Crippen LogP contribution in [0.5, 0.6) is 0 Å². The smallest absolute Gasteiger partial charge is 0.410 e. The Morgan fingerprint density at radius 3 is 2.29 bits per heavy atom. The van der Waals surface area contributed by atoms with Gasteiger partial charge in [0.1, 0.15) is 11.4 Å². The van der Waals surface area contributed by atoms with Crippen LogP contribution in [0.4, 0.5) is 4.79 Å². The number of ether oxygens (including phenoxy) is 1. The third kappa shape index (κ3) is 4.31. The number of nitrogens with zero attached hydrogens (tertiary/aromatic N) is 1. The molecule has 4 heteroatoms. The first-order valence-electron chi connectivity index (χ1n) is 7.31. The Hall–Kier alpha value is -1.84. The van der Waals surface area contributed by atoms with Crippen LogP contribution < -0.4 is 0 Å². The number of rotatable bonds is 3.